The number of rotatable bonds is 5. The van der Waals surface area contributed by atoms with Crippen molar-refractivity contribution in [2.24, 2.45) is 0 Å². The monoisotopic (exact) mass is 445 g/mol. The predicted molar refractivity (Wildman–Crippen MR) is 119 cm³/mol. The minimum Gasteiger partial charge on any atom is -0.345 e. The van der Waals surface area contributed by atoms with Gasteiger partial charge in [-0.2, -0.15) is 4.31 Å². The topological polar surface area (TPSA) is 53.5 Å². The SMILES string of the molecule is CC(C)c1ccc(S(=O)(=O)N2CCN(c3nc(-c4ccc(F)cc4)cs3)CC2)cc1. The molecule has 0 bridgehead atoms. The summed E-state index contributed by atoms with van der Waals surface area (Å²) in [4.78, 5) is 7.10. The quantitative estimate of drug-likeness (QED) is 0.577. The fraction of sp³-hybridized carbons (Fsp3) is 0.318. The highest BCUT2D eigenvalue weighted by Gasteiger charge is 2.29. The Labute approximate surface area is 180 Å². The molecule has 0 amide bonds. The molecule has 3 aromatic rings. The van der Waals surface area contributed by atoms with Crippen molar-refractivity contribution in [3.8, 4) is 11.3 Å². The van der Waals surface area contributed by atoms with Crippen LogP contribution in [-0.4, -0.2) is 43.9 Å². The highest BCUT2D eigenvalue weighted by molar-refractivity contribution is 7.89. The molecule has 0 saturated carbocycles. The lowest BCUT2D eigenvalue weighted by atomic mass is 10.0. The van der Waals surface area contributed by atoms with Gasteiger partial charge in [0.15, 0.2) is 5.13 Å². The highest BCUT2D eigenvalue weighted by Crippen LogP contribution is 2.29. The summed E-state index contributed by atoms with van der Waals surface area (Å²) in [5.74, 6) is 0.0915. The van der Waals surface area contributed by atoms with Gasteiger partial charge in [0.05, 0.1) is 10.6 Å². The lowest BCUT2D eigenvalue weighted by molar-refractivity contribution is 0.385. The van der Waals surface area contributed by atoms with E-state index in [0.29, 0.717) is 37.0 Å². The Kier molecular flexibility index (Phi) is 5.90. The minimum atomic E-state index is -3.50. The van der Waals surface area contributed by atoms with E-state index in [1.807, 2.05) is 17.5 Å². The number of piperazine rings is 1. The lowest BCUT2D eigenvalue weighted by Gasteiger charge is -2.33. The van der Waals surface area contributed by atoms with E-state index in [0.717, 1.165) is 22.0 Å². The fourth-order valence-electron chi connectivity index (χ4n) is 3.46. The molecule has 0 aliphatic carbocycles. The molecule has 1 aliphatic rings. The van der Waals surface area contributed by atoms with Gasteiger partial charge in [-0.15, -0.1) is 11.3 Å². The number of hydrogen-bond acceptors (Lipinski definition) is 5. The van der Waals surface area contributed by atoms with Crippen molar-refractivity contribution in [1.29, 1.82) is 0 Å². The van der Waals surface area contributed by atoms with Crippen LogP contribution >= 0.6 is 11.3 Å². The Morgan fingerprint density at radius 3 is 2.20 bits per heavy atom. The molecule has 1 aromatic heterocycles. The maximum atomic E-state index is 13.1. The summed E-state index contributed by atoms with van der Waals surface area (Å²) in [5.41, 5.74) is 2.79. The fourth-order valence-corrected chi connectivity index (χ4v) is 5.77. The smallest absolute Gasteiger partial charge is 0.243 e. The molecule has 0 N–H and O–H groups in total. The molecule has 4 rings (SSSR count). The van der Waals surface area contributed by atoms with E-state index in [4.69, 9.17) is 0 Å². The van der Waals surface area contributed by atoms with Crippen LogP contribution in [0, 0.1) is 5.82 Å². The average molecular weight is 446 g/mol. The third-order valence-corrected chi connectivity index (χ3v) is 8.14. The van der Waals surface area contributed by atoms with E-state index in [1.165, 1.54) is 23.5 Å². The van der Waals surface area contributed by atoms with Gasteiger partial charge in [-0.1, -0.05) is 26.0 Å². The van der Waals surface area contributed by atoms with Crippen molar-refractivity contribution in [2.75, 3.05) is 31.1 Å². The van der Waals surface area contributed by atoms with Gasteiger partial charge < -0.3 is 4.90 Å². The Balaban J connectivity index is 1.43. The van der Waals surface area contributed by atoms with Gasteiger partial charge in [0, 0.05) is 37.1 Å². The van der Waals surface area contributed by atoms with Gasteiger partial charge >= 0.3 is 0 Å². The summed E-state index contributed by atoms with van der Waals surface area (Å²) >= 11 is 1.52. The van der Waals surface area contributed by atoms with Crippen LogP contribution < -0.4 is 4.90 Å². The van der Waals surface area contributed by atoms with Gasteiger partial charge in [0.25, 0.3) is 0 Å². The van der Waals surface area contributed by atoms with E-state index < -0.39 is 10.0 Å². The summed E-state index contributed by atoms with van der Waals surface area (Å²) in [6, 6.07) is 13.4. The first-order chi connectivity index (χ1) is 14.3. The van der Waals surface area contributed by atoms with Crippen LogP contribution in [0.2, 0.25) is 0 Å². The van der Waals surface area contributed by atoms with Gasteiger partial charge in [0.2, 0.25) is 10.0 Å². The molecular formula is C22H24FN3O2S2. The largest absolute Gasteiger partial charge is 0.345 e. The van der Waals surface area contributed by atoms with E-state index in [2.05, 4.69) is 23.7 Å². The number of hydrogen-bond donors (Lipinski definition) is 0. The second kappa shape index (κ2) is 8.45. The van der Waals surface area contributed by atoms with Crippen molar-refractivity contribution in [3.05, 3.63) is 65.3 Å². The van der Waals surface area contributed by atoms with Gasteiger partial charge in [-0.25, -0.2) is 17.8 Å². The minimum absolute atomic E-state index is 0.273. The molecule has 30 heavy (non-hydrogen) atoms. The predicted octanol–water partition coefficient (Wildman–Crippen LogP) is 4.58. The number of aromatic nitrogens is 1. The third kappa shape index (κ3) is 4.26. The third-order valence-electron chi connectivity index (χ3n) is 5.33. The lowest BCUT2D eigenvalue weighted by Crippen LogP contribution is -2.48. The number of halogens is 1. The summed E-state index contributed by atoms with van der Waals surface area (Å²) in [6.07, 6.45) is 0. The average Bonchev–Trinajstić information content (AvgIpc) is 3.25. The molecule has 8 heteroatoms. The molecule has 2 heterocycles. The second-order valence-electron chi connectivity index (χ2n) is 7.64. The van der Waals surface area contributed by atoms with Crippen molar-refractivity contribution < 1.29 is 12.8 Å². The van der Waals surface area contributed by atoms with E-state index in [1.54, 1.807) is 28.6 Å². The zero-order chi connectivity index (χ0) is 21.3. The maximum absolute atomic E-state index is 13.1. The summed E-state index contributed by atoms with van der Waals surface area (Å²) in [6.45, 7) is 6.17. The van der Waals surface area contributed by atoms with Crippen LogP contribution in [0.15, 0.2) is 58.8 Å². The molecule has 0 unspecified atom stereocenters. The van der Waals surface area contributed by atoms with Crippen LogP contribution in [0.25, 0.3) is 11.3 Å². The van der Waals surface area contributed by atoms with Gasteiger partial charge in [-0.3, -0.25) is 0 Å². The molecule has 0 radical (unpaired) electrons. The molecule has 0 spiro atoms. The van der Waals surface area contributed by atoms with Gasteiger partial charge in [0.1, 0.15) is 5.82 Å². The number of sulfonamides is 1. The number of benzene rings is 2. The first-order valence-electron chi connectivity index (χ1n) is 9.91. The number of nitrogens with zero attached hydrogens (tertiary/aromatic N) is 3. The molecular weight excluding hydrogens is 421 g/mol. The standard InChI is InChI=1S/C22H24FN3O2S2/c1-16(2)17-5-9-20(10-6-17)30(27,28)26-13-11-25(12-14-26)22-24-21(15-29-22)18-3-7-19(23)8-4-18/h3-10,15-16H,11-14H2,1-2H3. The van der Waals surface area contributed by atoms with E-state index >= 15 is 0 Å². The summed E-state index contributed by atoms with van der Waals surface area (Å²) < 4.78 is 40.7. The molecule has 1 saturated heterocycles. The Hall–Kier alpha value is -2.29. The van der Waals surface area contributed by atoms with Crippen molar-refractivity contribution in [2.45, 2.75) is 24.7 Å². The Morgan fingerprint density at radius 2 is 1.60 bits per heavy atom. The first kappa shape index (κ1) is 21.0. The van der Waals surface area contributed by atoms with E-state index in [-0.39, 0.29) is 5.82 Å². The Bertz CT molecular complexity index is 1100. The normalized spacial score (nSPS) is 15.7. The van der Waals surface area contributed by atoms with Crippen LogP contribution in [0.3, 0.4) is 0 Å². The molecule has 1 aliphatic heterocycles. The number of thiazole rings is 1. The zero-order valence-corrected chi connectivity index (χ0v) is 18.6. The summed E-state index contributed by atoms with van der Waals surface area (Å²) in [7, 11) is -3.50. The first-order valence-corrected chi connectivity index (χ1v) is 12.2. The van der Waals surface area contributed by atoms with Crippen molar-refractivity contribution in [3.63, 3.8) is 0 Å². The van der Waals surface area contributed by atoms with Crippen LogP contribution in [-0.2, 0) is 10.0 Å². The van der Waals surface area contributed by atoms with Crippen LogP contribution in [0.5, 0.6) is 0 Å². The molecule has 2 aromatic carbocycles. The van der Waals surface area contributed by atoms with Crippen molar-refractivity contribution in [1.82, 2.24) is 9.29 Å². The Morgan fingerprint density at radius 1 is 0.967 bits per heavy atom. The zero-order valence-electron chi connectivity index (χ0n) is 17.0. The van der Waals surface area contributed by atoms with Crippen molar-refractivity contribution >= 4 is 26.5 Å². The van der Waals surface area contributed by atoms with Crippen LogP contribution in [0.1, 0.15) is 25.3 Å². The highest BCUT2D eigenvalue weighted by atomic mass is 32.2. The summed E-state index contributed by atoms with van der Waals surface area (Å²) in [5, 5.41) is 2.80. The second-order valence-corrected chi connectivity index (χ2v) is 10.4. The molecule has 0 atom stereocenters. The van der Waals surface area contributed by atoms with E-state index in [9.17, 15) is 12.8 Å². The van der Waals surface area contributed by atoms with Gasteiger partial charge in [-0.05, 0) is 47.9 Å². The number of anilines is 1. The molecule has 5 nitrogen and oxygen atoms in total. The maximum Gasteiger partial charge on any atom is 0.243 e. The van der Waals surface area contributed by atoms with Crippen LogP contribution in [0.4, 0.5) is 9.52 Å². The molecule has 158 valence electrons. The molecule has 1 fully saturated rings.